The zero-order valence-electron chi connectivity index (χ0n) is 25.9. The van der Waals surface area contributed by atoms with Gasteiger partial charge in [-0.2, -0.15) is 0 Å². The number of benzene rings is 2. The Kier molecular flexibility index (Phi) is 9.56. The summed E-state index contributed by atoms with van der Waals surface area (Å²) in [6.45, 7) is 11.9. The van der Waals surface area contributed by atoms with E-state index in [1.54, 1.807) is 36.4 Å². The molecule has 1 saturated carbocycles. The summed E-state index contributed by atoms with van der Waals surface area (Å²) in [5.74, 6) is -2.96. The van der Waals surface area contributed by atoms with Crippen molar-refractivity contribution in [2.45, 2.75) is 77.1 Å². The fraction of sp³-hybridized carbons (Fsp3) is 0.364. The third-order valence-corrected chi connectivity index (χ3v) is 9.34. The predicted octanol–water partition coefficient (Wildman–Crippen LogP) is 6.63. The van der Waals surface area contributed by atoms with Gasteiger partial charge in [-0.3, -0.25) is 9.59 Å². The number of halogens is 2. The van der Waals surface area contributed by atoms with E-state index in [1.165, 1.54) is 29.5 Å². The van der Waals surface area contributed by atoms with Gasteiger partial charge in [0.25, 0.3) is 5.92 Å². The van der Waals surface area contributed by atoms with Crippen molar-refractivity contribution >= 4 is 46.7 Å². The maximum atomic E-state index is 13.1. The van der Waals surface area contributed by atoms with Crippen LogP contribution in [0.15, 0.2) is 54.6 Å². The van der Waals surface area contributed by atoms with Crippen LogP contribution in [0.25, 0.3) is 21.5 Å². The summed E-state index contributed by atoms with van der Waals surface area (Å²) < 4.78 is 38.0. The van der Waals surface area contributed by atoms with Gasteiger partial charge in [-0.25, -0.2) is 13.8 Å². The molecule has 0 bridgehead atoms. The number of nitrogens with zero attached hydrogens (tertiary/aromatic N) is 1. The van der Waals surface area contributed by atoms with E-state index >= 15 is 0 Å². The van der Waals surface area contributed by atoms with E-state index in [2.05, 4.69) is 4.98 Å². The predicted molar refractivity (Wildman–Crippen MR) is 171 cm³/mol. The zero-order chi connectivity index (χ0) is 33.4. The molecule has 2 aliphatic rings. The summed E-state index contributed by atoms with van der Waals surface area (Å²) in [6, 6.07) is 14.6. The third-order valence-electron chi connectivity index (χ3n) is 8.10. The molecule has 2 aromatic heterocycles. The first-order valence-electron chi connectivity index (χ1n) is 14.5. The highest BCUT2D eigenvalue weighted by molar-refractivity contribution is 7.18. The number of thiophene rings is 1. The molecule has 8 nitrogen and oxygen atoms in total. The number of aldehydes is 2. The van der Waals surface area contributed by atoms with E-state index in [0.29, 0.717) is 33.5 Å². The van der Waals surface area contributed by atoms with Crippen LogP contribution in [0.5, 0.6) is 11.5 Å². The molecule has 0 spiro atoms. The van der Waals surface area contributed by atoms with E-state index in [4.69, 9.17) is 9.31 Å². The Balaban J connectivity index is 0.000000204. The maximum Gasteiger partial charge on any atom is 0.494 e. The first kappa shape index (κ1) is 34.2. The summed E-state index contributed by atoms with van der Waals surface area (Å²) in [5.41, 5.74) is 0.0556. The van der Waals surface area contributed by atoms with Gasteiger partial charge in [0.2, 0.25) is 0 Å². The molecule has 3 heterocycles. The molecular weight excluding hydrogens is 603 g/mol. The lowest BCUT2D eigenvalue weighted by Gasteiger charge is -2.42. The van der Waals surface area contributed by atoms with E-state index in [-0.39, 0.29) is 22.6 Å². The average Bonchev–Trinajstić information content (AvgIpc) is 3.51. The summed E-state index contributed by atoms with van der Waals surface area (Å²) >= 11 is 1.19. The van der Waals surface area contributed by atoms with Crippen molar-refractivity contribution in [1.29, 1.82) is 0 Å². The number of carbonyl (C=O) groups is 2. The fourth-order valence-electron chi connectivity index (χ4n) is 4.89. The van der Waals surface area contributed by atoms with Gasteiger partial charge in [0.15, 0.2) is 12.6 Å². The normalized spacial score (nSPS) is 18.6. The number of alkyl halides is 2. The zero-order valence-corrected chi connectivity index (χ0v) is 26.7. The fourth-order valence-corrected chi connectivity index (χ4v) is 6.00. The van der Waals surface area contributed by atoms with Crippen molar-refractivity contribution in [3.63, 3.8) is 0 Å². The van der Waals surface area contributed by atoms with E-state index in [1.807, 2.05) is 41.5 Å². The molecule has 3 N–H and O–H groups in total. The van der Waals surface area contributed by atoms with Crippen LogP contribution in [0.2, 0.25) is 0 Å². The molecule has 45 heavy (non-hydrogen) atoms. The van der Waals surface area contributed by atoms with Gasteiger partial charge < -0.3 is 24.6 Å². The maximum absolute atomic E-state index is 13.1. The second kappa shape index (κ2) is 12.6. The van der Waals surface area contributed by atoms with Crippen LogP contribution in [0.1, 0.15) is 80.0 Å². The van der Waals surface area contributed by atoms with Gasteiger partial charge >= 0.3 is 7.12 Å². The first-order valence-corrected chi connectivity index (χ1v) is 15.3. The quantitative estimate of drug-likeness (QED) is 0.164. The molecule has 1 aliphatic carbocycles. The van der Waals surface area contributed by atoms with E-state index in [9.17, 15) is 33.7 Å². The number of phenolic OH excluding ortho intramolecular Hbond substituents is 2. The van der Waals surface area contributed by atoms with Crippen LogP contribution in [0.4, 0.5) is 8.78 Å². The van der Waals surface area contributed by atoms with Crippen LogP contribution >= 0.6 is 11.3 Å². The Morgan fingerprint density at radius 1 is 0.844 bits per heavy atom. The molecule has 0 unspecified atom stereocenters. The molecule has 0 amide bonds. The lowest BCUT2D eigenvalue weighted by Crippen LogP contribution is -2.48. The van der Waals surface area contributed by atoms with Crippen LogP contribution in [0.3, 0.4) is 0 Å². The second-order valence-corrected chi connectivity index (χ2v) is 12.9. The molecule has 0 atom stereocenters. The average molecular weight is 640 g/mol. The SMILES string of the molecule is CC.CC1(C)OB(c2ccc(O)c(C=O)c2)OC1(C)C.O=Cc1cc(-c2ccc3cc(C4(O)CC(F)(F)C4)sc3n2)ccc1O. The van der Waals surface area contributed by atoms with Gasteiger partial charge in [0.1, 0.15) is 21.9 Å². The van der Waals surface area contributed by atoms with Crippen LogP contribution in [-0.2, 0) is 14.9 Å². The minimum atomic E-state index is -2.82. The van der Waals surface area contributed by atoms with Crippen molar-refractivity contribution < 1.29 is 43.0 Å². The Labute approximate surface area is 264 Å². The van der Waals surface area contributed by atoms with Crippen molar-refractivity contribution in [3.8, 4) is 22.8 Å². The summed E-state index contributed by atoms with van der Waals surface area (Å²) in [4.78, 5) is 27.4. The molecule has 4 aromatic rings. The van der Waals surface area contributed by atoms with Gasteiger partial charge in [0.05, 0.1) is 28.0 Å². The van der Waals surface area contributed by atoms with Gasteiger partial charge in [-0.05, 0) is 81.7 Å². The number of carbonyl (C=O) groups excluding carboxylic acids is 2. The third kappa shape index (κ3) is 6.94. The molecule has 2 aromatic carbocycles. The molecular formula is C33H36BF2NO7S. The molecule has 1 aliphatic heterocycles. The van der Waals surface area contributed by atoms with Crippen LogP contribution in [0, 0.1) is 0 Å². The Morgan fingerprint density at radius 2 is 1.40 bits per heavy atom. The lowest BCUT2D eigenvalue weighted by molar-refractivity contribution is -0.208. The molecule has 2 fully saturated rings. The molecule has 6 rings (SSSR count). The monoisotopic (exact) mass is 639 g/mol. The van der Waals surface area contributed by atoms with E-state index < -0.39 is 42.7 Å². The van der Waals surface area contributed by atoms with Crippen LogP contribution in [-0.4, -0.2) is 57.1 Å². The minimum Gasteiger partial charge on any atom is -0.507 e. The van der Waals surface area contributed by atoms with Crippen molar-refractivity contribution in [3.05, 3.63) is 70.6 Å². The van der Waals surface area contributed by atoms with E-state index in [0.717, 1.165) is 10.8 Å². The lowest BCUT2D eigenvalue weighted by atomic mass is 9.75. The number of aromatic hydroxyl groups is 2. The highest BCUT2D eigenvalue weighted by atomic mass is 32.1. The molecule has 0 radical (unpaired) electrons. The summed E-state index contributed by atoms with van der Waals surface area (Å²) in [6.07, 6.45) is 0.0393. The number of aromatic nitrogens is 1. The largest absolute Gasteiger partial charge is 0.507 e. The van der Waals surface area contributed by atoms with Gasteiger partial charge in [-0.1, -0.05) is 19.9 Å². The Hall–Kier alpha value is -3.71. The molecule has 12 heteroatoms. The smallest absolute Gasteiger partial charge is 0.494 e. The topological polar surface area (TPSA) is 126 Å². The highest BCUT2D eigenvalue weighted by Crippen LogP contribution is 2.53. The highest BCUT2D eigenvalue weighted by Gasteiger charge is 2.57. The Morgan fingerprint density at radius 3 is 1.96 bits per heavy atom. The number of hydrogen-bond acceptors (Lipinski definition) is 9. The van der Waals surface area contributed by atoms with Gasteiger partial charge in [-0.15, -0.1) is 11.3 Å². The second-order valence-electron chi connectivity index (χ2n) is 11.9. The molecule has 238 valence electrons. The number of aliphatic hydroxyl groups is 1. The number of rotatable bonds is 5. The van der Waals surface area contributed by atoms with Crippen molar-refractivity contribution in [2.75, 3.05) is 0 Å². The minimum absolute atomic E-state index is 0.0368. The number of phenols is 2. The van der Waals surface area contributed by atoms with Crippen LogP contribution < -0.4 is 5.46 Å². The molecule has 1 saturated heterocycles. The standard InChI is InChI=1S/C18H13F2NO3S.C13H17BO4.C2H6/c19-18(20)8-17(24,9-18)15-6-11-1-3-13(21-16(11)25-15)10-2-4-14(23)12(5-10)7-22;1-12(2)13(3,4)18-14(17-12)10-5-6-11(16)9(7-10)8-15;1-2/h1-7,23-24H,8-9H2;5-8,16H,1-4H3;1-2H3. The van der Waals surface area contributed by atoms with Gasteiger partial charge in [0, 0.05) is 28.7 Å². The number of fused-ring (bicyclic) bond motifs is 1. The summed E-state index contributed by atoms with van der Waals surface area (Å²) in [5, 5.41) is 30.2. The van der Waals surface area contributed by atoms with Crippen molar-refractivity contribution in [1.82, 2.24) is 4.98 Å². The number of pyridine rings is 1. The number of hydrogen-bond donors (Lipinski definition) is 3. The first-order chi connectivity index (χ1) is 21.1. The summed E-state index contributed by atoms with van der Waals surface area (Å²) in [7, 11) is -0.519. The Bertz CT molecular complexity index is 1700. The van der Waals surface area contributed by atoms with Crippen molar-refractivity contribution in [2.24, 2.45) is 0 Å².